The average molecular weight is 566 g/mol. The van der Waals surface area contributed by atoms with Crippen LogP contribution in [0.25, 0.3) is 11.4 Å². The molecular weight excluding hydrogens is 539 g/mol. The Morgan fingerprint density at radius 1 is 1.21 bits per heavy atom. The zero-order valence-corrected chi connectivity index (χ0v) is 21.8. The van der Waals surface area contributed by atoms with Gasteiger partial charge in [-0.2, -0.15) is 13.2 Å². The number of methoxy groups -OCH3 is 1. The number of ether oxygens (including phenoxy) is 1. The zero-order valence-electron chi connectivity index (χ0n) is 21.0. The van der Waals surface area contributed by atoms with Crippen LogP contribution in [0.3, 0.4) is 0 Å². The maximum Gasteiger partial charge on any atom is 0.418 e. The number of rotatable bonds is 7. The molecule has 0 saturated carbocycles. The van der Waals surface area contributed by atoms with Crippen LogP contribution in [0, 0.1) is 5.92 Å². The first-order valence-electron chi connectivity index (χ1n) is 12.2. The SMILES string of the molecule is COC(=O)[C@H](CC(=O)N1CCC(n2nc(-c3ccccc3)[nH]c2=O)CC1)Cc1cc(Cl)c(N)c(C(F)(F)F)c1. The fraction of sp³-hybridized carbons (Fsp3) is 0.385. The van der Waals surface area contributed by atoms with Gasteiger partial charge in [0.05, 0.1) is 35.3 Å². The molecule has 1 atom stereocenters. The van der Waals surface area contributed by atoms with E-state index in [1.54, 1.807) is 4.90 Å². The third kappa shape index (κ3) is 6.44. The number of likely N-dealkylation sites (tertiary alicyclic amines) is 1. The fourth-order valence-electron chi connectivity index (χ4n) is 4.73. The van der Waals surface area contributed by atoms with Crippen molar-refractivity contribution in [3.63, 3.8) is 0 Å². The molecule has 0 aliphatic carbocycles. The first-order chi connectivity index (χ1) is 18.5. The Balaban J connectivity index is 1.42. The molecule has 2 heterocycles. The van der Waals surface area contributed by atoms with E-state index in [2.05, 4.69) is 10.1 Å². The molecule has 0 radical (unpaired) electrons. The lowest BCUT2D eigenvalue weighted by Gasteiger charge is -2.32. The molecule has 1 aliphatic rings. The molecule has 13 heteroatoms. The number of alkyl halides is 3. The van der Waals surface area contributed by atoms with Gasteiger partial charge in [0, 0.05) is 25.1 Å². The number of piperidine rings is 1. The number of halogens is 4. The highest BCUT2D eigenvalue weighted by Gasteiger charge is 2.35. The van der Waals surface area contributed by atoms with Crippen LogP contribution in [0.2, 0.25) is 5.02 Å². The molecule has 1 aliphatic heterocycles. The molecule has 9 nitrogen and oxygen atoms in total. The van der Waals surface area contributed by atoms with E-state index in [0.29, 0.717) is 31.8 Å². The van der Waals surface area contributed by atoms with Gasteiger partial charge in [0.1, 0.15) is 0 Å². The summed E-state index contributed by atoms with van der Waals surface area (Å²) in [6.07, 6.45) is -4.25. The van der Waals surface area contributed by atoms with E-state index in [4.69, 9.17) is 22.1 Å². The third-order valence-electron chi connectivity index (χ3n) is 6.78. The number of aromatic amines is 1. The van der Waals surface area contributed by atoms with Crippen molar-refractivity contribution in [2.24, 2.45) is 5.92 Å². The van der Waals surface area contributed by atoms with E-state index in [0.717, 1.165) is 18.7 Å². The van der Waals surface area contributed by atoms with Crippen LogP contribution >= 0.6 is 11.6 Å². The molecule has 1 aromatic heterocycles. The van der Waals surface area contributed by atoms with Crippen molar-refractivity contribution in [1.29, 1.82) is 0 Å². The number of anilines is 1. The largest absolute Gasteiger partial charge is 0.469 e. The Kier molecular flexibility index (Phi) is 8.34. The second-order valence-corrected chi connectivity index (χ2v) is 9.77. The van der Waals surface area contributed by atoms with Gasteiger partial charge in [0.25, 0.3) is 0 Å². The summed E-state index contributed by atoms with van der Waals surface area (Å²) in [5.41, 5.74) is 4.33. The molecule has 1 fully saturated rings. The van der Waals surface area contributed by atoms with Crippen molar-refractivity contribution in [2.45, 2.75) is 37.9 Å². The molecular formula is C26H27ClF3N5O4. The zero-order chi connectivity index (χ0) is 28.3. The fourth-order valence-corrected chi connectivity index (χ4v) is 4.97. The molecule has 0 unspecified atom stereocenters. The van der Waals surface area contributed by atoms with Crippen LogP contribution in [0.5, 0.6) is 0 Å². The van der Waals surface area contributed by atoms with Crippen molar-refractivity contribution >= 4 is 29.2 Å². The first-order valence-corrected chi connectivity index (χ1v) is 12.6. The van der Waals surface area contributed by atoms with Crippen LogP contribution in [-0.2, 0) is 26.9 Å². The molecule has 1 amide bonds. The molecule has 3 N–H and O–H groups in total. The van der Waals surface area contributed by atoms with E-state index in [-0.39, 0.29) is 41.1 Å². The van der Waals surface area contributed by atoms with Crippen molar-refractivity contribution in [3.05, 3.63) is 69.1 Å². The van der Waals surface area contributed by atoms with E-state index in [1.807, 2.05) is 30.3 Å². The van der Waals surface area contributed by atoms with Crippen LogP contribution in [0.15, 0.2) is 47.3 Å². The Morgan fingerprint density at radius 2 is 1.87 bits per heavy atom. The van der Waals surface area contributed by atoms with Gasteiger partial charge in [-0.3, -0.25) is 14.6 Å². The van der Waals surface area contributed by atoms with Gasteiger partial charge in [0.2, 0.25) is 5.91 Å². The number of benzene rings is 2. The molecule has 3 aromatic rings. The van der Waals surface area contributed by atoms with Gasteiger partial charge in [-0.1, -0.05) is 41.9 Å². The Hall–Kier alpha value is -3.80. The maximum absolute atomic E-state index is 13.4. The second-order valence-electron chi connectivity index (χ2n) is 9.37. The number of nitrogens with zero attached hydrogens (tertiary/aromatic N) is 3. The van der Waals surface area contributed by atoms with Gasteiger partial charge >= 0.3 is 17.8 Å². The standard InChI is InChI=1S/C26H27ClF3N5O4/c1-39-24(37)17(11-15-12-19(26(28,29)30)22(31)20(27)13-15)14-21(36)34-9-7-18(8-10-34)35-25(38)32-23(33-35)16-5-3-2-4-6-16/h2-6,12-13,17-18H,7-11,14,31H2,1H3,(H,32,33,38)/t17-/m0/s1. The highest BCUT2D eigenvalue weighted by atomic mass is 35.5. The van der Waals surface area contributed by atoms with Crippen LogP contribution < -0.4 is 11.4 Å². The van der Waals surface area contributed by atoms with Crippen molar-refractivity contribution < 1.29 is 27.5 Å². The monoisotopic (exact) mass is 565 g/mol. The number of nitrogens with one attached hydrogen (secondary N) is 1. The predicted molar refractivity (Wildman–Crippen MR) is 138 cm³/mol. The predicted octanol–water partition coefficient (Wildman–Crippen LogP) is 4.08. The molecule has 1 saturated heterocycles. The van der Waals surface area contributed by atoms with Crippen LogP contribution in [0.4, 0.5) is 18.9 Å². The highest BCUT2D eigenvalue weighted by Crippen LogP contribution is 2.38. The normalized spacial score (nSPS) is 15.3. The minimum absolute atomic E-state index is 0.107. The number of aromatic nitrogens is 3. The topological polar surface area (TPSA) is 123 Å². The van der Waals surface area contributed by atoms with Gasteiger partial charge in [-0.15, -0.1) is 5.10 Å². The summed E-state index contributed by atoms with van der Waals surface area (Å²) in [6, 6.07) is 11.1. The van der Waals surface area contributed by atoms with Crippen molar-refractivity contribution in [1.82, 2.24) is 19.7 Å². The number of carbonyl (C=O) groups is 2. The molecule has 208 valence electrons. The van der Waals surface area contributed by atoms with Crippen LogP contribution in [-0.4, -0.2) is 51.7 Å². The number of amides is 1. The summed E-state index contributed by atoms with van der Waals surface area (Å²) in [4.78, 5) is 42.3. The lowest BCUT2D eigenvalue weighted by Crippen LogP contribution is -2.42. The highest BCUT2D eigenvalue weighted by molar-refractivity contribution is 6.33. The van der Waals surface area contributed by atoms with Gasteiger partial charge in [0.15, 0.2) is 5.82 Å². The van der Waals surface area contributed by atoms with Gasteiger partial charge in [-0.05, 0) is 37.0 Å². The number of esters is 1. The van der Waals surface area contributed by atoms with Crippen molar-refractivity contribution in [3.8, 4) is 11.4 Å². The van der Waals surface area contributed by atoms with Crippen LogP contribution in [0.1, 0.15) is 36.4 Å². The summed E-state index contributed by atoms with van der Waals surface area (Å²) < 4.78 is 46.3. The van der Waals surface area contributed by atoms with Gasteiger partial charge in [-0.25, -0.2) is 9.48 Å². The minimum atomic E-state index is -4.73. The molecule has 0 spiro atoms. The average Bonchev–Trinajstić information content (AvgIpc) is 3.31. The summed E-state index contributed by atoms with van der Waals surface area (Å²) in [5.74, 6) is -1.64. The summed E-state index contributed by atoms with van der Waals surface area (Å²) in [6.45, 7) is 0.645. The Morgan fingerprint density at radius 3 is 2.49 bits per heavy atom. The quantitative estimate of drug-likeness (QED) is 0.329. The molecule has 2 aromatic carbocycles. The number of nitrogen functional groups attached to an aromatic ring is 1. The van der Waals surface area contributed by atoms with E-state index >= 15 is 0 Å². The number of hydrogen-bond donors (Lipinski definition) is 2. The molecule has 0 bridgehead atoms. The lowest BCUT2D eigenvalue weighted by molar-refractivity contribution is -0.149. The lowest BCUT2D eigenvalue weighted by atomic mass is 9.93. The first kappa shape index (κ1) is 28.2. The number of hydrogen-bond acceptors (Lipinski definition) is 6. The third-order valence-corrected chi connectivity index (χ3v) is 7.10. The second kappa shape index (κ2) is 11.5. The molecule has 4 rings (SSSR count). The maximum atomic E-state index is 13.4. The number of H-pyrrole nitrogens is 1. The molecule has 39 heavy (non-hydrogen) atoms. The number of nitrogens with two attached hydrogens (primary N) is 1. The Labute approximate surface area is 226 Å². The van der Waals surface area contributed by atoms with E-state index < -0.39 is 29.3 Å². The minimum Gasteiger partial charge on any atom is -0.469 e. The summed E-state index contributed by atoms with van der Waals surface area (Å²) in [7, 11) is 1.15. The van der Waals surface area contributed by atoms with Crippen molar-refractivity contribution in [2.75, 3.05) is 25.9 Å². The smallest absolute Gasteiger partial charge is 0.418 e. The Bertz CT molecular complexity index is 1400. The summed E-state index contributed by atoms with van der Waals surface area (Å²) in [5, 5.41) is 4.13. The van der Waals surface area contributed by atoms with E-state index in [9.17, 15) is 27.6 Å². The summed E-state index contributed by atoms with van der Waals surface area (Å²) >= 11 is 5.91. The number of carbonyl (C=O) groups excluding carboxylic acids is 2. The van der Waals surface area contributed by atoms with E-state index in [1.165, 1.54) is 10.7 Å². The van der Waals surface area contributed by atoms with Gasteiger partial charge < -0.3 is 15.4 Å².